The van der Waals surface area contributed by atoms with Crippen molar-refractivity contribution in [2.45, 2.75) is 32.1 Å². The molecule has 0 bridgehead atoms. The maximum absolute atomic E-state index is 12.8. The molecule has 0 spiro atoms. The monoisotopic (exact) mass is 360 g/mol. The van der Waals surface area contributed by atoms with E-state index < -0.39 is 20.0 Å². The molecule has 0 N–H and O–H groups in total. The van der Waals surface area contributed by atoms with E-state index in [4.69, 9.17) is 0 Å². The zero-order valence-electron chi connectivity index (χ0n) is 13.8. The molecule has 0 aliphatic carbocycles. The van der Waals surface area contributed by atoms with Crippen molar-refractivity contribution in [3.63, 3.8) is 0 Å². The summed E-state index contributed by atoms with van der Waals surface area (Å²) in [4.78, 5) is 0.308. The fourth-order valence-corrected chi connectivity index (χ4v) is 5.93. The van der Waals surface area contributed by atoms with Gasteiger partial charge in [-0.05, 0) is 37.5 Å². The summed E-state index contributed by atoms with van der Waals surface area (Å²) in [6.07, 6.45) is 0.559. The van der Waals surface area contributed by atoms with Crippen LogP contribution in [0.5, 0.6) is 0 Å². The van der Waals surface area contributed by atoms with Crippen molar-refractivity contribution in [2.24, 2.45) is 0 Å². The van der Waals surface area contributed by atoms with Gasteiger partial charge in [-0.2, -0.15) is 8.61 Å². The van der Waals surface area contributed by atoms with E-state index in [2.05, 4.69) is 0 Å². The Morgan fingerprint density at radius 2 is 1.52 bits per heavy atom. The van der Waals surface area contributed by atoms with Crippen molar-refractivity contribution < 1.29 is 16.8 Å². The van der Waals surface area contributed by atoms with Crippen LogP contribution in [0.3, 0.4) is 0 Å². The van der Waals surface area contributed by atoms with Gasteiger partial charge in [-0.25, -0.2) is 16.8 Å². The summed E-state index contributed by atoms with van der Waals surface area (Å²) < 4.78 is 52.5. The van der Waals surface area contributed by atoms with Crippen LogP contribution in [0.15, 0.2) is 23.1 Å². The molecule has 1 aliphatic heterocycles. The molecule has 1 aromatic rings. The highest BCUT2D eigenvalue weighted by Crippen LogP contribution is 2.23. The number of aryl methyl sites for hydroxylation is 2. The molecule has 1 heterocycles. The number of sulfonamides is 2. The highest BCUT2D eigenvalue weighted by atomic mass is 32.2. The molecule has 1 saturated heterocycles. The first kappa shape index (κ1) is 18.4. The second-order valence-electron chi connectivity index (χ2n) is 5.89. The van der Waals surface area contributed by atoms with Crippen molar-refractivity contribution in [1.29, 1.82) is 0 Å². The van der Waals surface area contributed by atoms with E-state index >= 15 is 0 Å². The first-order valence-corrected chi connectivity index (χ1v) is 10.8. The SMILES string of the molecule is CCCS(=O)(=O)N1CCN(S(=O)(=O)c2cc(C)ccc2C)CC1. The minimum atomic E-state index is -3.58. The van der Waals surface area contributed by atoms with E-state index in [9.17, 15) is 16.8 Å². The summed E-state index contributed by atoms with van der Waals surface area (Å²) >= 11 is 0. The minimum absolute atomic E-state index is 0.108. The van der Waals surface area contributed by atoms with Gasteiger partial charge in [0.1, 0.15) is 0 Å². The zero-order valence-corrected chi connectivity index (χ0v) is 15.5. The van der Waals surface area contributed by atoms with Gasteiger partial charge in [-0.15, -0.1) is 0 Å². The Labute approximate surface area is 139 Å². The van der Waals surface area contributed by atoms with Gasteiger partial charge in [0.05, 0.1) is 10.6 Å². The van der Waals surface area contributed by atoms with Crippen LogP contribution in [0.1, 0.15) is 24.5 Å². The van der Waals surface area contributed by atoms with E-state index in [0.717, 1.165) is 5.56 Å². The Morgan fingerprint density at radius 3 is 2.09 bits per heavy atom. The molecule has 0 radical (unpaired) electrons. The van der Waals surface area contributed by atoms with Gasteiger partial charge in [0.2, 0.25) is 20.0 Å². The number of hydrogen-bond donors (Lipinski definition) is 0. The standard InChI is InChI=1S/C15H24N2O4S2/c1-4-11-22(18,19)16-7-9-17(10-8-16)23(20,21)15-12-13(2)5-6-14(15)3/h5-6,12H,4,7-11H2,1-3H3. The first-order valence-electron chi connectivity index (χ1n) is 7.73. The lowest BCUT2D eigenvalue weighted by molar-refractivity contribution is 0.272. The lowest BCUT2D eigenvalue weighted by Crippen LogP contribution is -2.51. The predicted molar refractivity (Wildman–Crippen MR) is 90.3 cm³/mol. The van der Waals surface area contributed by atoms with Crippen molar-refractivity contribution in [3.05, 3.63) is 29.3 Å². The largest absolute Gasteiger partial charge is 0.243 e. The van der Waals surface area contributed by atoms with Crippen LogP contribution in [0.25, 0.3) is 0 Å². The second kappa shape index (κ2) is 6.88. The number of benzene rings is 1. The van der Waals surface area contributed by atoms with Gasteiger partial charge >= 0.3 is 0 Å². The van der Waals surface area contributed by atoms with E-state index in [-0.39, 0.29) is 31.9 Å². The van der Waals surface area contributed by atoms with Gasteiger partial charge < -0.3 is 0 Å². The maximum atomic E-state index is 12.8. The first-order chi connectivity index (χ1) is 10.7. The van der Waals surface area contributed by atoms with Crippen LogP contribution in [-0.2, 0) is 20.0 Å². The summed E-state index contributed by atoms with van der Waals surface area (Å²) in [5, 5.41) is 0. The molecule has 0 unspecified atom stereocenters. The molecule has 0 atom stereocenters. The quantitative estimate of drug-likeness (QED) is 0.794. The molecule has 130 valence electrons. The van der Waals surface area contributed by atoms with Gasteiger partial charge in [-0.3, -0.25) is 0 Å². The summed E-state index contributed by atoms with van der Waals surface area (Å²) in [5.74, 6) is 0.108. The van der Waals surface area contributed by atoms with Crippen LogP contribution < -0.4 is 0 Å². The second-order valence-corrected chi connectivity index (χ2v) is 9.88. The van der Waals surface area contributed by atoms with E-state index in [1.807, 2.05) is 19.9 Å². The Balaban J connectivity index is 2.17. The third-order valence-corrected chi connectivity index (χ3v) is 8.13. The van der Waals surface area contributed by atoms with Crippen LogP contribution in [0, 0.1) is 13.8 Å². The van der Waals surface area contributed by atoms with Crippen LogP contribution in [-0.4, -0.2) is 57.4 Å². The van der Waals surface area contributed by atoms with E-state index in [0.29, 0.717) is 16.9 Å². The topological polar surface area (TPSA) is 74.8 Å². The zero-order chi connectivity index (χ0) is 17.3. The van der Waals surface area contributed by atoms with Gasteiger partial charge in [0.25, 0.3) is 0 Å². The summed E-state index contributed by atoms with van der Waals surface area (Å²) in [6.45, 7) is 6.26. The maximum Gasteiger partial charge on any atom is 0.243 e. The Bertz CT molecular complexity index is 765. The normalized spacial score (nSPS) is 18.2. The molecule has 0 amide bonds. The highest BCUT2D eigenvalue weighted by molar-refractivity contribution is 7.89. The molecular weight excluding hydrogens is 336 g/mol. The Hall–Kier alpha value is -0.960. The van der Waals surface area contributed by atoms with Gasteiger partial charge in [0, 0.05) is 26.2 Å². The van der Waals surface area contributed by atoms with Crippen LogP contribution >= 0.6 is 0 Å². The molecule has 0 aromatic heterocycles. The van der Waals surface area contributed by atoms with E-state index in [1.54, 1.807) is 19.1 Å². The molecule has 1 aromatic carbocycles. The van der Waals surface area contributed by atoms with Gasteiger partial charge in [-0.1, -0.05) is 19.1 Å². The lowest BCUT2D eigenvalue weighted by Gasteiger charge is -2.33. The predicted octanol–water partition coefficient (Wildman–Crippen LogP) is 1.35. The molecule has 23 heavy (non-hydrogen) atoms. The van der Waals surface area contributed by atoms with Crippen LogP contribution in [0.2, 0.25) is 0 Å². The van der Waals surface area contributed by atoms with Crippen LogP contribution in [0.4, 0.5) is 0 Å². The minimum Gasteiger partial charge on any atom is -0.212 e. The highest BCUT2D eigenvalue weighted by Gasteiger charge is 2.33. The number of piperazine rings is 1. The van der Waals surface area contributed by atoms with Crippen molar-refractivity contribution in [3.8, 4) is 0 Å². The summed E-state index contributed by atoms with van der Waals surface area (Å²) in [5.41, 5.74) is 1.59. The summed E-state index contributed by atoms with van der Waals surface area (Å²) in [7, 11) is -6.85. The van der Waals surface area contributed by atoms with Crippen molar-refractivity contribution in [2.75, 3.05) is 31.9 Å². The van der Waals surface area contributed by atoms with Crippen molar-refractivity contribution >= 4 is 20.0 Å². The molecule has 6 nitrogen and oxygen atoms in total. The molecule has 8 heteroatoms. The van der Waals surface area contributed by atoms with Gasteiger partial charge in [0.15, 0.2) is 0 Å². The fraction of sp³-hybridized carbons (Fsp3) is 0.600. The number of nitrogens with zero attached hydrogens (tertiary/aromatic N) is 2. The average Bonchev–Trinajstić information content (AvgIpc) is 2.49. The molecule has 0 saturated carbocycles. The van der Waals surface area contributed by atoms with E-state index in [1.165, 1.54) is 8.61 Å². The third kappa shape index (κ3) is 3.93. The lowest BCUT2D eigenvalue weighted by atomic mass is 10.2. The molecule has 1 fully saturated rings. The number of hydrogen-bond acceptors (Lipinski definition) is 4. The Kier molecular flexibility index (Phi) is 5.50. The fourth-order valence-electron chi connectivity index (χ4n) is 2.70. The average molecular weight is 361 g/mol. The molecule has 1 aliphatic rings. The molecular formula is C15H24N2O4S2. The number of rotatable bonds is 5. The smallest absolute Gasteiger partial charge is 0.212 e. The van der Waals surface area contributed by atoms with Crippen molar-refractivity contribution in [1.82, 2.24) is 8.61 Å². The summed E-state index contributed by atoms with van der Waals surface area (Å²) in [6, 6.07) is 5.35. The Morgan fingerprint density at radius 1 is 0.957 bits per heavy atom. The third-order valence-electron chi connectivity index (χ3n) is 4.01. The molecule has 2 rings (SSSR count).